The molecule has 0 spiro atoms. The lowest BCUT2D eigenvalue weighted by molar-refractivity contribution is 0.0617. The van der Waals surface area contributed by atoms with Gasteiger partial charge in [0.05, 0.1) is 19.6 Å². The lowest BCUT2D eigenvalue weighted by Crippen LogP contribution is -2.44. The molecule has 0 aliphatic heterocycles. The van der Waals surface area contributed by atoms with E-state index in [9.17, 15) is 5.11 Å². The van der Waals surface area contributed by atoms with Crippen molar-refractivity contribution in [3.63, 3.8) is 0 Å². The minimum atomic E-state index is -0.985. The highest BCUT2D eigenvalue weighted by atomic mass is 16.3. The summed E-state index contributed by atoms with van der Waals surface area (Å²) in [5.74, 6) is 0.682. The first kappa shape index (κ1) is 20.6. The van der Waals surface area contributed by atoms with Gasteiger partial charge in [0.25, 0.3) is 0 Å². The Hall–Kier alpha value is -3.12. The van der Waals surface area contributed by atoms with Crippen molar-refractivity contribution in [2.75, 3.05) is 13.1 Å². The van der Waals surface area contributed by atoms with Crippen molar-refractivity contribution < 1.29 is 5.11 Å². The Morgan fingerprint density at radius 3 is 2.59 bits per heavy atom. The van der Waals surface area contributed by atoms with Crippen LogP contribution in [0, 0.1) is 0 Å². The number of hydrogen-bond acceptors (Lipinski definition) is 3. The van der Waals surface area contributed by atoms with E-state index >= 15 is 0 Å². The third-order valence-electron chi connectivity index (χ3n) is 4.65. The lowest BCUT2D eigenvalue weighted by atomic mass is 9.96. The first-order valence-electron chi connectivity index (χ1n) is 9.92. The topological polar surface area (TPSA) is 74.5 Å². The molecule has 3 aromatic rings. The van der Waals surface area contributed by atoms with Crippen LogP contribution in [0.1, 0.15) is 30.5 Å². The molecule has 6 heteroatoms. The number of nitrogens with zero attached hydrogens (tertiary/aromatic N) is 3. The van der Waals surface area contributed by atoms with E-state index in [1.807, 2.05) is 60.3 Å². The fourth-order valence-corrected chi connectivity index (χ4v) is 3.07. The van der Waals surface area contributed by atoms with Gasteiger partial charge in [-0.15, -0.1) is 0 Å². The van der Waals surface area contributed by atoms with Crippen molar-refractivity contribution in [2.24, 2.45) is 4.99 Å². The quantitative estimate of drug-likeness (QED) is 0.408. The molecule has 0 bridgehead atoms. The molecule has 0 aliphatic carbocycles. The molecule has 3 rings (SSSR count). The van der Waals surface area contributed by atoms with E-state index in [1.54, 1.807) is 13.1 Å². The van der Waals surface area contributed by atoms with Gasteiger partial charge in [0.15, 0.2) is 5.96 Å². The van der Waals surface area contributed by atoms with Crippen LogP contribution in [0.4, 0.5) is 0 Å². The second-order valence-electron chi connectivity index (χ2n) is 7.21. The van der Waals surface area contributed by atoms with Crippen molar-refractivity contribution in [3.8, 4) is 0 Å². The summed E-state index contributed by atoms with van der Waals surface area (Å²) in [6, 6.07) is 19.9. The van der Waals surface area contributed by atoms with E-state index in [4.69, 9.17) is 0 Å². The normalized spacial score (nSPS) is 13.7. The van der Waals surface area contributed by atoms with Crippen molar-refractivity contribution >= 4 is 5.96 Å². The summed E-state index contributed by atoms with van der Waals surface area (Å²) in [5, 5.41) is 21.5. The Morgan fingerprint density at radius 2 is 1.86 bits per heavy atom. The maximum Gasteiger partial charge on any atom is 0.191 e. The summed E-state index contributed by atoms with van der Waals surface area (Å²) < 4.78 is 1.90. The predicted molar refractivity (Wildman–Crippen MR) is 117 cm³/mol. The van der Waals surface area contributed by atoms with E-state index in [0.29, 0.717) is 19.0 Å². The van der Waals surface area contributed by atoms with Crippen molar-refractivity contribution in [1.82, 2.24) is 20.4 Å². The number of hydrogen-bond donors (Lipinski definition) is 3. The van der Waals surface area contributed by atoms with Gasteiger partial charge in [-0.1, -0.05) is 54.6 Å². The van der Waals surface area contributed by atoms with Crippen LogP contribution in [0.25, 0.3) is 0 Å². The minimum Gasteiger partial charge on any atom is -0.384 e. The average Bonchev–Trinajstić information content (AvgIpc) is 3.24. The van der Waals surface area contributed by atoms with E-state index in [2.05, 4.69) is 38.9 Å². The highest BCUT2D eigenvalue weighted by Crippen LogP contribution is 2.18. The van der Waals surface area contributed by atoms with Crippen LogP contribution in [0.2, 0.25) is 0 Å². The highest BCUT2D eigenvalue weighted by molar-refractivity contribution is 5.79. The van der Waals surface area contributed by atoms with Crippen LogP contribution in [-0.4, -0.2) is 33.9 Å². The summed E-state index contributed by atoms with van der Waals surface area (Å²) >= 11 is 0. The largest absolute Gasteiger partial charge is 0.384 e. The molecule has 1 atom stereocenters. The van der Waals surface area contributed by atoms with Gasteiger partial charge in [-0.05, 0) is 36.6 Å². The molecular formula is C23H29N5O. The Balaban J connectivity index is 1.63. The van der Waals surface area contributed by atoms with Gasteiger partial charge in [0.1, 0.15) is 5.60 Å². The Labute approximate surface area is 172 Å². The molecule has 0 radical (unpaired) electrons. The fraction of sp³-hybridized carbons (Fsp3) is 0.304. The molecule has 1 unspecified atom stereocenters. The van der Waals surface area contributed by atoms with Crippen LogP contribution in [0.5, 0.6) is 0 Å². The summed E-state index contributed by atoms with van der Waals surface area (Å²) in [6.45, 7) is 6.23. The molecular weight excluding hydrogens is 362 g/mol. The second kappa shape index (κ2) is 9.89. The number of nitrogens with one attached hydrogen (secondary N) is 2. The number of aliphatic imine (C=N–C) groups is 1. The smallest absolute Gasteiger partial charge is 0.191 e. The van der Waals surface area contributed by atoms with Gasteiger partial charge in [-0.2, -0.15) is 5.10 Å². The molecule has 1 heterocycles. The van der Waals surface area contributed by atoms with Crippen LogP contribution in [0.15, 0.2) is 78.0 Å². The monoisotopic (exact) mass is 391 g/mol. The standard InChI is InChI=1S/C23H29N5O/c1-3-24-22(26-18-23(2,29)21-11-5-4-6-12-21)25-16-19-9-7-10-20(15-19)17-28-14-8-13-27-28/h4-15,29H,3,16-18H2,1-2H3,(H2,24,25,26). The van der Waals surface area contributed by atoms with Crippen LogP contribution in [0.3, 0.4) is 0 Å². The van der Waals surface area contributed by atoms with Gasteiger partial charge in [0.2, 0.25) is 0 Å². The maximum absolute atomic E-state index is 10.8. The van der Waals surface area contributed by atoms with Gasteiger partial charge in [-0.25, -0.2) is 4.99 Å². The average molecular weight is 392 g/mol. The molecule has 0 fully saturated rings. The zero-order chi connectivity index (χ0) is 20.5. The van der Waals surface area contributed by atoms with E-state index in [1.165, 1.54) is 5.56 Å². The minimum absolute atomic E-state index is 0.363. The zero-order valence-electron chi connectivity index (χ0n) is 17.0. The molecule has 152 valence electrons. The van der Waals surface area contributed by atoms with Crippen molar-refractivity contribution in [2.45, 2.75) is 32.5 Å². The lowest BCUT2D eigenvalue weighted by Gasteiger charge is -2.25. The van der Waals surface area contributed by atoms with E-state index < -0.39 is 5.60 Å². The van der Waals surface area contributed by atoms with Gasteiger partial charge < -0.3 is 15.7 Å². The second-order valence-corrected chi connectivity index (χ2v) is 7.21. The van der Waals surface area contributed by atoms with Gasteiger partial charge in [0, 0.05) is 18.9 Å². The molecule has 0 aliphatic rings. The number of aliphatic hydroxyl groups is 1. The van der Waals surface area contributed by atoms with Crippen LogP contribution < -0.4 is 10.6 Å². The van der Waals surface area contributed by atoms with Gasteiger partial charge in [-0.3, -0.25) is 4.68 Å². The third kappa shape index (κ3) is 6.19. The molecule has 1 aromatic heterocycles. The maximum atomic E-state index is 10.8. The van der Waals surface area contributed by atoms with E-state index in [0.717, 1.165) is 24.2 Å². The Kier molecular flexibility index (Phi) is 7.03. The number of guanidine groups is 1. The number of aromatic nitrogens is 2. The van der Waals surface area contributed by atoms with Crippen molar-refractivity contribution in [3.05, 3.63) is 89.7 Å². The summed E-state index contributed by atoms with van der Waals surface area (Å²) in [6.07, 6.45) is 3.74. The first-order chi connectivity index (χ1) is 14.1. The molecule has 2 aromatic carbocycles. The van der Waals surface area contributed by atoms with Gasteiger partial charge >= 0.3 is 0 Å². The molecule has 3 N–H and O–H groups in total. The molecule has 0 amide bonds. The zero-order valence-corrected chi connectivity index (χ0v) is 17.0. The molecule has 0 saturated heterocycles. The molecule has 29 heavy (non-hydrogen) atoms. The number of benzene rings is 2. The Morgan fingerprint density at radius 1 is 1.07 bits per heavy atom. The summed E-state index contributed by atoms with van der Waals surface area (Å²) in [7, 11) is 0. The first-order valence-corrected chi connectivity index (χ1v) is 9.92. The van der Waals surface area contributed by atoms with E-state index in [-0.39, 0.29) is 0 Å². The third-order valence-corrected chi connectivity index (χ3v) is 4.65. The predicted octanol–water partition coefficient (Wildman–Crippen LogP) is 2.89. The molecule has 6 nitrogen and oxygen atoms in total. The Bertz CT molecular complexity index is 904. The van der Waals surface area contributed by atoms with Crippen LogP contribution in [-0.2, 0) is 18.7 Å². The number of rotatable bonds is 8. The molecule has 0 saturated carbocycles. The van der Waals surface area contributed by atoms with Crippen LogP contribution >= 0.6 is 0 Å². The summed E-state index contributed by atoms with van der Waals surface area (Å²) in [4.78, 5) is 4.68. The van der Waals surface area contributed by atoms with Crippen molar-refractivity contribution in [1.29, 1.82) is 0 Å². The highest BCUT2D eigenvalue weighted by Gasteiger charge is 2.22. The fourth-order valence-electron chi connectivity index (χ4n) is 3.07. The summed E-state index contributed by atoms with van der Waals surface area (Å²) in [5.41, 5.74) is 2.20. The SMILES string of the molecule is CCNC(=NCc1cccc(Cn2cccn2)c1)NCC(C)(O)c1ccccc1.